The van der Waals surface area contributed by atoms with Crippen LogP contribution in [0, 0.1) is 5.92 Å². The summed E-state index contributed by atoms with van der Waals surface area (Å²) in [5, 5.41) is 3.45. The fourth-order valence-corrected chi connectivity index (χ4v) is 3.91. The number of amides is 1. The number of guanidine groups is 1. The van der Waals surface area contributed by atoms with E-state index in [1.54, 1.807) is 0 Å². The molecule has 0 unspecified atom stereocenters. The van der Waals surface area contributed by atoms with Gasteiger partial charge >= 0.3 is 0 Å². The Balaban J connectivity index is 0.00000364. The highest BCUT2D eigenvalue weighted by Crippen LogP contribution is 2.26. The van der Waals surface area contributed by atoms with Crippen LogP contribution >= 0.6 is 24.0 Å². The van der Waals surface area contributed by atoms with Crippen LogP contribution in [-0.2, 0) is 4.79 Å². The number of hydrogen-bond donors (Lipinski definition) is 1. The molecule has 1 N–H and O–H groups in total. The molecule has 1 aliphatic carbocycles. The molecule has 1 amide bonds. The van der Waals surface area contributed by atoms with Gasteiger partial charge in [-0.1, -0.05) is 18.9 Å². The topological polar surface area (TPSA) is 51.2 Å². The van der Waals surface area contributed by atoms with Crippen molar-refractivity contribution in [2.45, 2.75) is 38.5 Å². The maximum absolute atomic E-state index is 12.5. The summed E-state index contributed by atoms with van der Waals surface area (Å²) in [5.74, 6) is 1.66. The third-order valence-corrected chi connectivity index (χ3v) is 5.57. The number of allylic oxidation sites excluding steroid dienone is 1. The van der Waals surface area contributed by atoms with Crippen molar-refractivity contribution < 1.29 is 4.79 Å². The molecule has 1 heterocycles. The Labute approximate surface area is 182 Å². The van der Waals surface area contributed by atoms with Gasteiger partial charge in [-0.2, -0.15) is 0 Å². The summed E-state index contributed by atoms with van der Waals surface area (Å²) in [6.07, 6.45) is 8.74. The molecule has 1 saturated carbocycles. The van der Waals surface area contributed by atoms with Crippen LogP contribution in [0.25, 0.3) is 0 Å². The number of rotatable bonds is 8. The Morgan fingerprint density at radius 1 is 1.26 bits per heavy atom. The Bertz CT molecular complexity index is 471. The smallest absolute Gasteiger partial charge is 0.225 e. The number of nitrogens with zero attached hydrogens (tertiary/aromatic N) is 4. The minimum absolute atomic E-state index is 0. The second-order valence-electron chi connectivity index (χ2n) is 7.47. The predicted molar refractivity (Wildman–Crippen MR) is 124 cm³/mol. The first-order valence-corrected chi connectivity index (χ1v) is 10.2. The van der Waals surface area contributed by atoms with Crippen LogP contribution in [0.3, 0.4) is 0 Å². The van der Waals surface area contributed by atoms with Crippen molar-refractivity contribution >= 4 is 35.8 Å². The van der Waals surface area contributed by atoms with Gasteiger partial charge in [-0.3, -0.25) is 14.7 Å². The first-order valence-electron chi connectivity index (χ1n) is 10.2. The summed E-state index contributed by atoms with van der Waals surface area (Å²) < 4.78 is 0. The lowest BCUT2D eigenvalue weighted by Gasteiger charge is -2.36. The molecule has 0 spiro atoms. The van der Waals surface area contributed by atoms with Crippen molar-refractivity contribution in [3.63, 3.8) is 0 Å². The third-order valence-electron chi connectivity index (χ3n) is 5.57. The molecule has 6 nitrogen and oxygen atoms in total. The molecule has 0 atom stereocenters. The molecule has 0 radical (unpaired) electrons. The number of aliphatic imine (C=N–C) groups is 1. The van der Waals surface area contributed by atoms with Crippen molar-refractivity contribution in [3.05, 3.63) is 12.7 Å². The first kappa shape index (κ1) is 24.2. The maximum atomic E-state index is 12.5. The Morgan fingerprint density at radius 3 is 2.52 bits per heavy atom. The lowest BCUT2D eigenvalue weighted by atomic mass is 10.1. The molecule has 1 aliphatic heterocycles. The van der Waals surface area contributed by atoms with Gasteiger partial charge in [0.2, 0.25) is 5.91 Å². The Morgan fingerprint density at radius 2 is 1.93 bits per heavy atom. The zero-order chi connectivity index (χ0) is 18.8. The van der Waals surface area contributed by atoms with Crippen LogP contribution in [0.4, 0.5) is 0 Å². The summed E-state index contributed by atoms with van der Waals surface area (Å²) in [5.41, 5.74) is 0. The number of piperazine rings is 1. The Kier molecular flexibility index (Phi) is 12.0. The van der Waals surface area contributed by atoms with E-state index >= 15 is 0 Å². The number of carbonyl (C=O) groups is 1. The van der Waals surface area contributed by atoms with Crippen LogP contribution in [0.5, 0.6) is 0 Å². The molecule has 2 fully saturated rings. The number of carbonyl (C=O) groups excluding carboxylic acids is 1. The second-order valence-corrected chi connectivity index (χ2v) is 7.47. The van der Waals surface area contributed by atoms with Crippen LogP contribution in [0.1, 0.15) is 38.5 Å². The van der Waals surface area contributed by atoms with E-state index in [-0.39, 0.29) is 24.0 Å². The summed E-state index contributed by atoms with van der Waals surface area (Å²) in [4.78, 5) is 23.6. The third kappa shape index (κ3) is 7.97. The lowest BCUT2D eigenvalue weighted by molar-refractivity contribution is -0.137. The molecule has 0 bridgehead atoms. The standard InChI is InChI=1S/C20H37N5O.HI/c1-4-5-8-12-23(3)20(21-2)22-11-13-24-14-16-25(17-15-24)19(26)18-9-6-7-10-18;/h4,18H,1,5-17H2,2-3H3,(H,21,22);1H. The number of nitrogens with one attached hydrogen (secondary N) is 1. The minimum Gasteiger partial charge on any atom is -0.355 e. The van der Waals surface area contributed by atoms with Crippen molar-refractivity contribution in [2.75, 3.05) is 59.9 Å². The van der Waals surface area contributed by atoms with Gasteiger partial charge < -0.3 is 15.1 Å². The zero-order valence-electron chi connectivity index (χ0n) is 17.2. The zero-order valence-corrected chi connectivity index (χ0v) is 19.5. The number of unbranched alkanes of at least 4 members (excludes halogenated alkanes) is 1. The van der Waals surface area contributed by atoms with E-state index in [0.29, 0.717) is 11.8 Å². The van der Waals surface area contributed by atoms with Gasteiger partial charge in [0.1, 0.15) is 0 Å². The fraction of sp³-hybridized carbons (Fsp3) is 0.800. The van der Waals surface area contributed by atoms with E-state index in [2.05, 4.69) is 38.6 Å². The van der Waals surface area contributed by atoms with Crippen LogP contribution in [-0.4, -0.2) is 86.5 Å². The van der Waals surface area contributed by atoms with E-state index in [9.17, 15) is 4.79 Å². The molecule has 156 valence electrons. The van der Waals surface area contributed by atoms with Crippen LogP contribution < -0.4 is 5.32 Å². The van der Waals surface area contributed by atoms with Gasteiger partial charge in [-0.25, -0.2) is 0 Å². The molecule has 0 aromatic rings. The monoisotopic (exact) mass is 491 g/mol. The molecule has 2 rings (SSSR count). The van der Waals surface area contributed by atoms with Crippen molar-refractivity contribution in [3.8, 4) is 0 Å². The molecule has 27 heavy (non-hydrogen) atoms. The van der Waals surface area contributed by atoms with E-state index in [1.165, 1.54) is 12.8 Å². The van der Waals surface area contributed by atoms with Crippen molar-refractivity contribution in [1.29, 1.82) is 0 Å². The summed E-state index contributed by atoms with van der Waals surface area (Å²) in [7, 11) is 3.91. The second kappa shape index (κ2) is 13.4. The largest absolute Gasteiger partial charge is 0.355 e. The minimum atomic E-state index is 0. The molecular weight excluding hydrogens is 453 g/mol. The van der Waals surface area contributed by atoms with E-state index in [0.717, 1.165) is 77.5 Å². The maximum Gasteiger partial charge on any atom is 0.225 e. The fourth-order valence-electron chi connectivity index (χ4n) is 3.91. The molecular formula is C20H38IN5O. The molecule has 2 aliphatic rings. The van der Waals surface area contributed by atoms with Gasteiger partial charge in [0.05, 0.1) is 0 Å². The Hall–Kier alpha value is -0.830. The van der Waals surface area contributed by atoms with E-state index < -0.39 is 0 Å². The normalized spacial score (nSPS) is 18.9. The van der Waals surface area contributed by atoms with Crippen LogP contribution in [0.2, 0.25) is 0 Å². The van der Waals surface area contributed by atoms with Gasteiger partial charge in [0.15, 0.2) is 5.96 Å². The average molecular weight is 491 g/mol. The summed E-state index contributed by atoms with van der Waals surface area (Å²) in [6.45, 7) is 10.3. The molecule has 1 saturated heterocycles. The van der Waals surface area contributed by atoms with E-state index in [1.807, 2.05) is 13.1 Å². The molecule has 0 aromatic heterocycles. The number of halogens is 1. The first-order chi connectivity index (χ1) is 12.7. The molecule has 0 aromatic carbocycles. The van der Waals surface area contributed by atoms with Crippen molar-refractivity contribution in [2.24, 2.45) is 10.9 Å². The number of hydrogen-bond acceptors (Lipinski definition) is 3. The SMILES string of the molecule is C=CCCCN(C)C(=NC)NCCN1CCN(C(=O)C2CCCC2)CC1.I. The van der Waals surface area contributed by atoms with Gasteiger partial charge in [0, 0.05) is 65.8 Å². The highest BCUT2D eigenvalue weighted by atomic mass is 127. The van der Waals surface area contributed by atoms with Gasteiger partial charge in [-0.05, 0) is 25.7 Å². The highest BCUT2D eigenvalue weighted by molar-refractivity contribution is 14.0. The predicted octanol–water partition coefficient (Wildman–Crippen LogP) is 2.41. The van der Waals surface area contributed by atoms with Gasteiger partial charge in [-0.15, -0.1) is 30.6 Å². The quantitative estimate of drug-likeness (QED) is 0.186. The summed E-state index contributed by atoms with van der Waals surface area (Å²) in [6, 6.07) is 0. The summed E-state index contributed by atoms with van der Waals surface area (Å²) >= 11 is 0. The van der Waals surface area contributed by atoms with Gasteiger partial charge in [0.25, 0.3) is 0 Å². The van der Waals surface area contributed by atoms with Crippen molar-refractivity contribution in [1.82, 2.24) is 20.0 Å². The highest BCUT2D eigenvalue weighted by Gasteiger charge is 2.29. The van der Waals surface area contributed by atoms with E-state index in [4.69, 9.17) is 0 Å². The average Bonchev–Trinajstić information content (AvgIpc) is 3.20. The molecule has 7 heteroatoms. The van der Waals surface area contributed by atoms with Crippen LogP contribution in [0.15, 0.2) is 17.6 Å². The lowest BCUT2D eigenvalue weighted by Crippen LogP contribution is -2.52.